The molecule has 10 nitrogen and oxygen atoms in total. The smallest absolute Gasteiger partial charge is 0.244 e. The zero-order chi connectivity index (χ0) is 26.3. The van der Waals surface area contributed by atoms with Gasteiger partial charge in [-0.2, -0.15) is 4.31 Å². The Morgan fingerprint density at radius 1 is 1.11 bits per heavy atom. The molecule has 2 saturated heterocycles. The number of anilines is 3. The molecule has 3 aliphatic rings. The van der Waals surface area contributed by atoms with Crippen molar-refractivity contribution in [2.45, 2.75) is 49.2 Å². The third-order valence-corrected chi connectivity index (χ3v) is 9.65. The maximum absolute atomic E-state index is 13.8. The summed E-state index contributed by atoms with van der Waals surface area (Å²) in [6.07, 6.45) is 6.52. The highest BCUT2D eigenvalue weighted by Gasteiger charge is 2.37. The summed E-state index contributed by atoms with van der Waals surface area (Å²) in [7, 11) is -2.19. The number of aromatic nitrogens is 2. The van der Waals surface area contributed by atoms with Gasteiger partial charge in [-0.15, -0.1) is 0 Å². The Morgan fingerprint density at radius 2 is 1.92 bits per heavy atom. The summed E-state index contributed by atoms with van der Waals surface area (Å²) in [6, 6.07) is 7.33. The van der Waals surface area contributed by atoms with Gasteiger partial charge in [0.15, 0.2) is 0 Å². The van der Waals surface area contributed by atoms with Crippen LogP contribution in [0.25, 0.3) is 11.0 Å². The molecule has 1 aliphatic carbocycles. The summed E-state index contributed by atoms with van der Waals surface area (Å²) >= 11 is 6.40. The van der Waals surface area contributed by atoms with Crippen molar-refractivity contribution in [2.75, 3.05) is 50.6 Å². The second-order valence-corrected chi connectivity index (χ2v) is 12.4. The predicted molar refractivity (Wildman–Crippen MR) is 148 cm³/mol. The van der Waals surface area contributed by atoms with Crippen molar-refractivity contribution < 1.29 is 17.9 Å². The molecule has 4 heterocycles. The molecule has 1 unspecified atom stereocenters. The second kappa shape index (κ2) is 10.5. The molecular weight excluding hydrogens is 528 g/mol. The van der Waals surface area contributed by atoms with Crippen LogP contribution in [0.4, 0.5) is 17.2 Å². The van der Waals surface area contributed by atoms with Gasteiger partial charge in [-0.1, -0.05) is 11.6 Å². The number of fused-ring (bicyclic) bond motifs is 1. The molecule has 0 radical (unpaired) electrons. The van der Waals surface area contributed by atoms with E-state index in [0.717, 1.165) is 56.3 Å². The van der Waals surface area contributed by atoms with Gasteiger partial charge in [0.1, 0.15) is 17.2 Å². The molecule has 3 N–H and O–H groups in total. The Bertz CT molecular complexity index is 1420. The Kier molecular flexibility index (Phi) is 7.12. The van der Waals surface area contributed by atoms with Crippen LogP contribution in [0.1, 0.15) is 32.1 Å². The van der Waals surface area contributed by atoms with Gasteiger partial charge in [0, 0.05) is 44.0 Å². The number of ether oxygens (including phenoxy) is 2. The van der Waals surface area contributed by atoms with Crippen molar-refractivity contribution >= 4 is 49.9 Å². The first-order valence-electron chi connectivity index (χ1n) is 13.2. The summed E-state index contributed by atoms with van der Waals surface area (Å²) in [5, 5.41) is 8.30. The van der Waals surface area contributed by atoms with Gasteiger partial charge in [0.25, 0.3) is 0 Å². The lowest BCUT2D eigenvalue weighted by atomic mass is 10.1. The van der Waals surface area contributed by atoms with E-state index in [2.05, 4.69) is 25.5 Å². The third kappa shape index (κ3) is 5.05. The quantitative estimate of drug-likeness (QED) is 0.372. The van der Waals surface area contributed by atoms with Crippen molar-refractivity contribution in [3.05, 3.63) is 35.5 Å². The highest BCUT2D eigenvalue weighted by molar-refractivity contribution is 7.89. The first-order chi connectivity index (χ1) is 18.4. The number of methoxy groups -OCH3 is 1. The van der Waals surface area contributed by atoms with Gasteiger partial charge in [0.05, 0.1) is 53.2 Å². The van der Waals surface area contributed by atoms with Gasteiger partial charge in [-0.3, -0.25) is 4.90 Å². The van der Waals surface area contributed by atoms with Gasteiger partial charge in [-0.25, -0.2) is 13.4 Å². The molecule has 1 atom stereocenters. The van der Waals surface area contributed by atoms with Crippen molar-refractivity contribution in [3.63, 3.8) is 0 Å². The minimum atomic E-state index is -3.72. The molecule has 2 aromatic heterocycles. The minimum Gasteiger partial charge on any atom is -0.495 e. The molecule has 0 amide bonds. The van der Waals surface area contributed by atoms with Gasteiger partial charge >= 0.3 is 0 Å². The largest absolute Gasteiger partial charge is 0.495 e. The number of pyridine rings is 1. The Morgan fingerprint density at radius 3 is 2.68 bits per heavy atom. The molecule has 3 fully saturated rings. The van der Waals surface area contributed by atoms with Crippen LogP contribution in [-0.4, -0.2) is 79.8 Å². The van der Waals surface area contributed by atoms with E-state index in [1.807, 2.05) is 6.07 Å². The van der Waals surface area contributed by atoms with Crippen LogP contribution in [0.5, 0.6) is 5.75 Å². The SMILES string of the molecule is COc1cc(S(=O)(=O)N2CCCCC2N2CCOCC2)ccc1Nc1cc(NC2CC2)c2c(Cl)c[nH]c2n1. The summed E-state index contributed by atoms with van der Waals surface area (Å²) in [4.78, 5) is 10.2. The molecule has 1 aromatic carbocycles. The van der Waals surface area contributed by atoms with Crippen molar-refractivity contribution in [1.82, 2.24) is 19.2 Å². The molecule has 3 aromatic rings. The number of nitrogens with zero attached hydrogens (tertiary/aromatic N) is 3. The standard InChI is InChI=1S/C26H33ClN6O4S/c1-36-22-14-18(38(34,35)33-9-3-2-4-24(33)32-10-12-37-13-11-32)7-8-20(22)30-23-15-21(29-17-5-6-17)25-19(27)16-28-26(25)31-23/h7-8,14-17,24H,2-6,9-13H2,1H3,(H3,28,29,30,31). The van der Waals surface area contributed by atoms with E-state index in [-0.39, 0.29) is 11.1 Å². The first kappa shape index (κ1) is 25.7. The van der Waals surface area contributed by atoms with E-state index in [1.54, 1.807) is 28.7 Å². The minimum absolute atomic E-state index is 0.151. The van der Waals surface area contributed by atoms with E-state index in [9.17, 15) is 8.42 Å². The molecule has 204 valence electrons. The van der Waals surface area contributed by atoms with Gasteiger partial charge in [-0.05, 0) is 44.2 Å². The van der Waals surface area contributed by atoms with Crippen molar-refractivity contribution in [1.29, 1.82) is 0 Å². The molecule has 2 aliphatic heterocycles. The van der Waals surface area contributed by atoms with E-state index < -0.39 is 10.0 Å². The zero-order valence-electron chi connectivity index (χ0n) is 21.4. The first-order valence-corrected chi connectivity index (χ1v) is 15.0. The maximum atomic E-state index is 13.8. The van der Waals surface area contributed by atoms with Gasteiger partial charge < -0.3 is 25.1 Å². The molecule has 0 bridgehead atoms. The van der Waals surface area contributed by atoms with Crippen LogP contribution in [0.15, 0.2) is 35.4 Å². The summed E-state index contributed by atoms with van der Waals surface area (Å²) in [5.74, 6) is 1.02. The van der Waals surface area contributed by atoms with Gasteiger partial charge in [0.2, 0.25) is 10.0 Å². The number of sulfonamides is 1. The van der Waals surface area contributed by atoms with E-state index >= 15 is 0 Å². The Hall–Kier alpha value is -2.57. The average Bonchev–Trinajstić information content (AvgIpc) is 3.68. The fourth-order valence-corrected chi connectivity index (χ4v) is 7.28. The Labute approximate surface area is 227 Å². The molecule has 0 spiro atoms. The van der Waals surface area contributed by atoms with Crippen LogP contribution < -0.4 is 15.4 Å². The fourth-order valence-electron chi connectivity index (χ4n) is 5.34. The molecule has 6 rings (SSSR count). The molecule has 1 saturated carbocycles. The molecular formula is C26H33ClN6O4S. The highest BCUT2D eigenvalue weighted by atomic mass is 35.5. The number of piperidine rings is 1. The number of benzene rings is 1. The van der Waals surface area contributed by atoms with Crippen LogP contribution in [0.2, 0.25) is 5.02 Å². The fraction of sp³-hybridized carbons (Fsp3) is 0.500. The summed E-state index contributed by atoms with van der Waals surface area (Å²) < 4.78 is 40.5. The molecule has 38 heavy (non-hydrogen) atoms. The predicted octanol–water partition coefficient (Wildman–Crippen LogP) is 4.38. The van der Waals surface area contributed by atoms with Crippen molar-refractivity contribution in [3.8, 4) is 5.75 Å². The van der Waals surface area contributed by atoms with E-state index in [0.29, 0.717) is 53.7 Å². The lowest BCUT2D eigenvalue weighted by Gasteiger charge is -2.43. The Balaban J connectivity index is 1.28. The van der Waals surface area contributed by atoms with Crippen molar-refractivity contribution in [2.24, 2.45) is 0 Å². The number of rotatable bonds is 8. The zero-order valence-corrected chi connectivity index (χ0v) is 22.9. The van der Waals surface area contributed by atoms with E-state index in [1.165, 1.54) is 7.11 Å². The number of nitrogens with one attached hydrogen (secondary N) is 3. The number of aromatic amines is 1. The second-order valence-electron chi connectivity index (χ2n) is 10.1. The average molecular weight is 561 g/mol. The van der Waals surface area contributed by atoms with Crippen LogP contribution in [-0.2, 0) is 14.8 Å². The van der Waals surface area contributed by atoms with E-state index in [4.69, 9.17) is 21.1 Å². The maximum Gasteiger partial charge on any atom is 0.244 e. The number of halogens is 1. The van der Waals surface area contributed by atoms with Crippen LogP contribution >= 0.6 is 11.6 Å². The number of hydrogen-bond acceptors (Lipinski definition) is 8. The number of H-pyrrole nitrogens is 1. The normalized spacial score (nSPS) is 21.5. The third-order valence-electron chi connectivity index (χ3n) is 7.46. The number of hydrogen-bond donors (Lipinski definition) is 3. The van der Waals surface area contributed by atoms with Crippen LogP contribution in [0.3, 0.4) is 0 Å². The topological polar surface area (TPSA) is 112 Å². The monoisotopic (exact) mass is 560 g/mol. The molecule has 12 heteroatoms. The summed E-state index contributed by atoms with van der Waals surface area (Å²) in [6.45, 7) is 3.25. The lowest BCUT2D eigenvalue weighted by molar-refractivity contribution is -0.0215. The summed E-state index contributed by atoms with van der Waals surface area (Å²) in [5.41, 5.74) is 2.20. The van der Waals surface area contributed by atoms with Crippen LogP contribution in [0, 0.1) is 0 Å². The highest BCUT2D eigenvalue weighted by Crippen LogP contribution is 2.38. The number of morpholine rings is 1. The lowest BCUT2D eigenvalue weighted by Crippen LogP contribution is -2.55.